The summed E-state index contributed by atoms with van der Waals surface area (Å²) in [7, 11) is 1.69. The number of hydrogen-bond donors (Lipinski definition) is 2. The molecule has 6 heteroatoms. The van der Waals surface area contributed by atoms with Gasteiger partial charge in [-0.05, 0) is 43.4 Å². The van der Waals surface area contributed by atoms with Crippen LogP contribution in [0.1, 0.15) is 37.7 Å². The molecule has 1 aromatic carbocycles. The van der Waals surface area contributed by atoms with Crippen molar-refractivity contribution in [2.45, 2.75) is 50.8 Å². The van der Waals surface area contributed by atoms with Crippen LogP contribution >= 0.6 is 0 Å². The maximum atomic E-state index is 12.6. The second kappa shape index (κ2) is 10.1. The van der Waals surface area contributed by atoms with Crippen molar-refractivity contribution in [3.8, 4) is 5.75 Å². The van der Waals surface area contributed by atoms with Crippen LogP contribution in [0, 0.1) is 0 Å². The van der Waals surface area contributed by atoms with Crippen molar-refractivity contribution in [3.63, 3.8) is 0 Å². The van der Waals surface area contributed by atoms with Gasteiger partial charge in [0.15, 0.2) is 0 Å². The van der Waals surface area contributed by atoms with Crippen LogP contribution in [0.2, 0.25) is 0 Å². The zero-order valence-corrected chi connectivity index (χ0v) is 16.4. The Morgan fingerprint density at radius 1 is 1.26 bits per heavy atom. The molecule has 27 heavy (non-hydrogen) atoms. The van der Waals surface area contributed by atoms with Gasteiger partial charge in [-0.3, -0.25) is 9.69 Å². The lowest BCUT2D eigenvalue weighted by atomic mass is 9.91. The number of amides is 1. The van der Waals surface area contributed by atoms with Crippen molar-refractivity contribution in [1.82, 2.24) is 15.1 Å². The summed E-state index contributed by atoms with van der Waals surface area (Å²) in [6, 6.07) is 8.59. The van der Waals surface area contributed by atoms with Crippen LogP contribution in [0.4, 0.5) is 0 Å². The van der Waals surface area contributed by atoms with Crippen molar-refractivity contribution in [1.29, 1.82) is 0 Å². The number of carbonyl (C=O) groups is 1. The van der Waals surface area contributed by atoms with E-state index in [0.717, 1.165) is 70.7 Å². The summed E-state index contributed by atoms with van der Waals surface area (Å²) in [5.74, 6) is 1.12. The number of hydrogen-bond acceptors (Lipinski definition) is 5. The quantitative estimate of drug-likeness (QED) is 0.758. The van der Waals surface area contributed by atoms with Crippen LogP contribution in [0.5, 0.6) is 5.75 Å². The molecule has 1 saturated carbocycles. The highest BCUT2D eigenvalue weighted by atomic mass is 16.5. The van der Waals surface area contributed by atoms with Crippen LogP contribution < -0.4 is 10.1 Å². The van der Waals surface area contributed by atoms with Crippen LogP contribution in [0.3, 0.4) is 0 Å². The van der Waals surface area contributed by atoms with Gasteiger partial charge >= 0.3 is 0 Å². The molecular weight excluding hydrogens is 342 g/mol. The van der Waals surface area contributed by atoms with Crippen LogP contribution in [0.25, 0.3) is 0 Å². The Morgan fingerprint density at radius 2 is 2.00 bits per heavy atom. The van der Waals surface area contributed by atoms with Gasteiger partial charge in [-0.2, -0.15) is 0 Å². The van der Waals surface area contributed by atoms with Crippen molar-refractivity contribution in [2.24, 2.45) is 0 Å². The van der Waals surface area contributed by atoms with Gasteiger partial charge in [0, 0.05) is 51.7 Å². The molecule has 3 rings (SSSR count). The first-order valence-corrected chi connectivity index (χ1v) is 10.2. The van der Waals surface area contributed by atoms with Gasteiger partial charge < -0.3 is 20.1 Å². The molecule has 0 atom stereocenters. The van der Waals surface area contributed by atoms with Crippen molar-refractivity contribution in [3.05, 3.63) is 29.8 Å². The number of ether oxygens (including phenoxy) is 1. The van der Waals surface area contributed by atoms with Gasteiger partial charge in [0.25, 0.3) is 0 Å². The van der Waals surface area contributed by atoms with E-state index < -0.39 is 0 Å². The minimum Gasteiger partial charge on any atom is -0.497 e. The van der Waals surface area contributed by atoms with E-state index in [1.54, 1.807) is 7.11 Å². The monoisotopic (exact) mass is 375 g/mol. The third-order valence-electron chi connectivity index (χ3n) is 5.79. The number of aliphatic hydroxyl groups excluding tert-OH is 1. The molecule has 0 spiro atoms. The zero-order chi connectivity index (χ0) is 19.1. The van der Waals surface area contributed by atoms with Crippen LogP contribution in [0.15, 0.2) is 24.3 Å². The second-order valence-electron chi connectivity index (χ2n) is 7.67. The molecule has 1 amide bonds. The molecule has 6 nitrogen and oxygen atoms in total. The molecule has 1 aromatic rings. The van der Waals surface area contributed by atoms with E-state index in [9.17, 15) is 9.90 Å². The zero-order valence-electron chi connectivity index (χ0n) is 16.4. The summed E-state index contributed by atoms with van der Waals surface area (Å²) in [5.41, 5.74) is 1.20. The molecule has 150 valence electrons. The Morgan fingerprint density at radius 3 is 2.70 bits per heavy atom. The number of methoxy groups -OCH3 is 1. The molecule has 2 aliphatic rings. The van der Waals surface area contributed by atoms with Gasteiger partial charge in [-0.15, -0.1) is 0 Å². The van der Waals surface area contributed by atoms with Crippen molar-refractivity contribution < 1.29 is 14.6 Å². The fourth-order valence-electron chi connectivity index (χ4n) is 4.13. The summed E-state index contributed by atoms with van der Waals surface area (Å²) in [6.45, 7) is 4.97. The van der Waals surface area contributed by atoms with E-state index in [1.165, 1.54) is 5.56 Å². The second-order valence-corrected chi connectivity index (χ2v) is 7.67. The van der Waals surface area contributed by atoms with Crippen molar-refractivity contribution in [2.75, 3.05) is 39.8 Å². The minimum absolute atomic E-state index is 0.164. The predicted molar refractivity (Wildman–Crippen MR) is 106 cm³/mol. The van der Waals surface area contributed by atoms with Gasteiger partial charge in [-0.25, -0.2) is 0 Å². The predicted octanol–water partition coefficient (Wildman–Crippen LogP) is 1.62. The van der Waals surface area contributed by atoms with E-state index >= 15 is 0 Å². The highest BCUT2D eigenvalue weighted by molar-refractivity contribution is 5.76. The highest BCUT2D eigenvalue weighted by Gasteiger charge is 2.26. The first-order valence-electron chi connectivity index (χ1n) is 10.2. The normalized spacial score (nSPS) is 23.4. The summed E-state index contributed by atoms with van der Waals surface area (Å²) < 4.78 is 5.36. The van der Waals surface area contributed by atoms with Crippen molar-refractivity contribution >= 4 is 5.91 Å². The highest BCUT2D eigenvalue weighted by Crippen LogP contribution is 2.25. The average molecular weight is 376 g/mol. The smallest absolute Gasteiger partial charge is 0.223 e. The molecule has 1 heterocycles. The summed E-state index contributed by atoms with van der Waals surface area (Å²) >= 11 is 0. The minimum atomic E-state index is -0.164. The number of aliphatic hydroxyl groups is 1. The van der Waals surface area contributed by atoms with E-state index in [1.807, 2.05) is 17.0 Å². The van der Waals surface area contributed by atoms with Gasteiger partial charge in [-0.1, -0.05) is 12.1 Å². The first-order chi connectivity index (χ1) is 13.2. The van der Waals surface area contributed by atoms with Gasteiger partial charge in [0.1, 0.15) is 5.75 Å². The molecule has 0 unspecified atom stereocenters. The number of nitrogens with zero attached hydrogens (tertiary/aromatic N) is 2. The lowest BCUT2D eigenvalue weighted by Gasteiger charge is -2.36. The molecular formula is C21H33N3O3. The summed E-state index contributed by atoms with van der Waals surface area (Å²) in [4.78, 5) is 17.0. The molecule has 1 aliphatic heterocycles. The van der Waals surface area contributed by atoms with E-state index in [0.29, 0.717) is 12.5 Å². The average Bonchev–Trinajstić information content (AvgIpc) is 2.72. The number of rotatable bonds is 7. The largest absolute Gasteiger partial charge is 0.497 e. The molecule has 0 radical (unpaired) electrons. The molecule has 2 fully saturated rings. The Kier molecular flexibility index (Phi) is 7.50. The van der Waals surface area contributed by atoms with E-state index in [4.69, 9.17) is 4.74 Å². The molecule has 0 bridgehead atoms. The number of benzene rings is 1. The lowest BCUT2D eigenvalue weighted by molar-refractivity contribution is -0.132. The number of nitrogens with one attached hydrogen (secondary N) is 1. The third-order valence-corrected chi connectivity index (χ3v) is 5.79. The maximum absolute atomic E-state index is 12.6. The van der Waals surface area contributed by atoms with Crippen LogP contribution in [-0.2, 0) is 11.3 Å². The molecule has 2 N–H and O–H groups in total. The Hall–Kier alpha value is -1.63. The lowest BCUT2D eigenvalue weighted by Crippen LogP contribution is -2.47. The Bertz CT molecular complexity index is 596. The third kappa shape index (κ3) is 5.92. The van der Waals surface area contributed by atoms with Gasteiger partial charge in [0.2, 0.25) is 5.91 Å². The molecule has 1 aliphatic carbocycles. The van der Waals surface area contributed by atoms with Gasteiger partial charge in [0.05, 0.1) is 13.2 Å². The Labute approximate surface area is 162 Å². The van der Waals surface area contributed by atoms with E-state index in [-0.39, 0.29) is 12.0 Å². The fourth-order valence-corrected chi connectivity index (χ4v) is 4.13. The summed E-state index contributed by atoms with van der Waals surface area (Å²) in [5, 5.41) is 13.1. The maximum Gasteiger partial charge on any atom is 0.223 e. The first kappa shape index (κ1) is 20.1. The standard InChI is InChI=1S/C21H33N3O3/c1-27-20-4-2-3-17(15-20)16-24(18-5-7-19(25)8-6-18)12-9-21(26)23-13-10-22-11-14-23/h2-4,15,18-19,22,25H,5-14,16H2,1H3. The Balaban J connectivity index is 1.62. The fraction of sp³-hybridized carbons (Fsp3) is 0.667. The molecule has 1 saturated heterocycles. The summed E-state index contributed by atoms with van der Waals surface area (Å²) in [6.07, 6.45) is 4.08. The van der Waals surface area contributed by atoms with E-state index in [2.05, 4.69) is 22.3 Å². The van der Waals surface area contributed by atoms with Crippen LogP contribution in [-0.4, -0.2) is 72.8 Å². The SMILES string of the molecule is COc1cccc(CN(CCC(=O)N2CCNCC2)C2CCC(O)CC2)c1. The number of carbonyl (C=O) groups excluding carboxylic acids is 1. The molecule has 0 aromatic heterocycles. The topological polar surface area (TPSA) is 65.0 Å². The number of piperazine rings is 1.